The number of amides is 1. The first-order valence-corrected chi connectivity index (χ1v) is 7.92. The summed E-state index contributed by atoms with van der Waals surface area (Å²) in [4.78, 5) is 23.8. The zero-order valence-corrected chi connectivity index (χ0v) is 13.5. The Labute approximate surface area is 135 Å². The van der Waals surface area contributed by atoms with E-state index in [9.17, 15) is 14.7 Å². The summed E-state index contributed by atoms with van der Waals surface area (Å²) >= 11 is 0. The van der Waals surface area contributed by atoms with Gasteiger partial charge in [-0.15, -0.1) is 0 Å². The number of hydrogen-bond acceptors (Lipinski definition) is 4. The van der Waals surface area contributed by atoms with Gasteiger partial charge in [0, 0.05) is 0 Å². The molecule has 0 radical (unpaired) electrons. The number of nitrogens with one attached hydrogen (secondary N) is 1. The fourth-order valence-corrected chi connectivity index (χ4v) is 2.75. The highest BCUT2D eigenvalue weighted by Crippen LogP contribution is 2.25. The van der Waals surface area contributed by atoms with Gasteiger partial charge < -0.3 is 19.9 Å². The van der Waals surface area contributed by atoms with Gasteiger partial charge in [0.1, 0.15) is 11.9 Å². The molecule has 0 saturated heterocycles. The molecule has 0 aliphatic heterocycles. The zero-order valence-electron chi connectivity index (χ0n) is 13.5. The van der Waals surface area contributed by atoms with Gasteiger partial charge in [-0.3, -0.25) is 4.79 Å². The van der Waals surface area contributed by atoms with E-state index in [-0.39, 0.29) is 23.3 Å². The maximum Gasteiger partial charge on any atom is 0.337 e. The summed E-state index contributed by atoms with van der Waals surface area (Å²) in [6, 6.07) is 4.53. The third-order valence-corrected chi connectivity index (χ3v) is 4.04. The molecule has 1 aromatic carbocycles. The van der Waals surface area contributed by atoms with Crippen LogP contribution in [0, 0.1) is 0 Å². The molecule has 1 saturated carbocycles. The van der Waals surface area contributed by atoms with Crippen molar-refractivity contribution in [1.82, 2.24) is 0 Å². The van der Waals surface area contributed by atoms with Gasteiger partial charge in [-0.25, -0.2) is 4.79 Å². The van der Waals surface area contributed by atoms with Crippen LogP contribution in [0.2, 0.25) is 0 Å². The third kappa shape index (κ3) is 4.45. The second-order valence-corrected chi connectivity index (χ2v) is 5.65. The average molecular weight is 321 g/mol. The van der Waals surface area contributed by atoms with Gasteiger partial charge in [0.15, 0.2) is 0 Å². The molecule has 6 heteroatoms. The average Bonchev–Trinajstić information content (AvgIpc) is 3.05. The van der Waals surface area contributed by atoms with E-state index in [1.54, 1.807) is 6.07 Å². The van der Waals surface area contributed by atoms with Crippen LogP contribution in [0.5, 0.6) is 5.75 Å². The van der Waals surface area contributed by atoms with E-state index in [2.05, 4.69) is 5.32 Å². The van der Waals surface area contributed by atoms with Crippen LogP contribution in [0.3, 0.4) is 0 Å². The van der Waals surface area contributed by atoms with Crippen molar-refractivity contribution < 1.29 is 24.2 Å². The Balaban J connectivity index is 2.09. The molecule has 1 aliphatic rings. The summed E-state index contributed by atoms with van der Waals surface area (Å²) < 4.78 is 10.9. The van der Waals surface area contributed by atoms with Crippen LogP contribution < -0.4 is 10.1 Å². The molecule has 1 aromatic rings. The number of ether oxygens (including phenoxy) is 2. The molecule has 6 nitrogen and oxygen atoms in total. The Morgan fingerprint density at radius 1 is 1.35 bits per heavy atom. The molecule has 0 heterocycles. The van der Waals surface area contributed by atoms with E-state index in [4.69, 9.17) is 9.47 Å². The van der Waals surface area contributed by atoms with Crippen molar-refractivity contribution in [3.63, 3.8) is 0 Å². The number of carboxylic acid groups (broad SMARTS) is 1. The van der Waals surface area contributed by atoms with Gasteiger partial charge in [-0.2, -0.15) is 0 Å². The maximum absolute atomic E-state index is 12.4. The SMILES string of the molecule is CCC(OC1CCCC1)C(=O)Nc1ccc(OC)cc1C(=O)O. The molecule has 0 aromatic heterocycles. The molecule has 1 aliphatic carbocycles. The van der Waals surface area contributed by atoms with Crippen molar-refractivity contribution in [2.75, 3.05) is 12.4 Å². The molecular formula is C17H23NO5. The van der Waals surface area contributed by atoms with Gasteiger partial charge in [0.2, 0.25) is 0 Å². The van der Waals surface area contributed by atoms with E-state index >= 15 is 0 Å². The van der Waals surface area contributed by atoms with Crippen LogP contribution in [0.25, 0.3) is 0 Å². The first-order chi connectivity index (χ1) is 11.0. The molecular weight excluding hydrogens is 298 g/mol. The Kier molecular flexibility index (Phi) is 5.98. The first-order valence-electron chi connectivity index (χ1n) is 7.92. The highest BCUT2D eigenvalue weighted by molar-refractivity contribution is 6.02. The molecule has 1 unspecified atom stereocenters. The van der Waals surface area contributed by atoms with Crippen LogP contribution in [-0.4, -0.2) is 36.3 Å². The highest BCUT2D eigenvalue weighted by Gasteiger charge is 2.25. The minimum atomic E-state index is -1.12. The van der Waals surface area contributed by atoms with E-state index in [0.29, 0.717) is 12.2 Å². The summed E-state index contributed by atoms with van der Waals surface area (Å²) in [6.07, 6.45) is 4.32. The number of aromatic carboxylic acids is 1. The van der Waals surface area contributed by atoms with Crippen molar-refractivity contribution in [3.8, 4) is 5.75 Å². The molecule has 1 amide bonds. The fourth-order valence-electron chi connectivity index (χ4n) is 2.75. The number of benzene rings is 1. The molecule has 1 atom stereocenters. The van der Waals surface area contributed by atoms with E-state index < -0.39 is 12.1 Å². The number of carbonyl (C=O) groups is 2. The Bertz CT molecular complexity index is 566. The lowest BCUT2D eigenvalue weighted by molar-refractivity contribution is -0.131. The standard InChI is InChI=1S/C17H23NO5/c1-3-15(23-11-6-4-5-7-11)16(19)18-14-9-8-12(22-2)10-13(14)17(20)21/h8-11,15H,3-7H2,1-2H3,(H,18,19)(H,20,21). The van der Waals surface area contributed by atoms with Crippen LogP contribution in [0.15, 0.2) is 18.2 Å². The molecule has 0 bridgehead atoms. The fraction of sp³-hybridized carbons (Fsp3) is 0.529. The molecule has 2 rings (SSSR count). The largest absolute Gasteiger partial charge is 0.497 e. The second-order valence-electron chi connectivity index (χ2n) is 5.65. The predicted molar refractivity (Wildman–Crippen MR) is 86.0 cm³/mol. The highest BCUT2D eigenvalue weighted by atomic mass is 16.5. The number of methoxy groups -OCH3 is 1. The first kappa shape index (κ1) is 17.3. The molecule has 2 N–H and O–H groups in total. The maximum atomic E-state index is 12.4. The third-order valence-electron chi connectivity index (χ3n) is 4.04. The summed E-state index contributed by atoms with van der Waals surface area (Å²) in [5.74, 6) is -1.01. The summed E-state index contributed by atoms with van der Waals surface area (Å²) in [5.41, 5.74) is 0.241. The van der Waals surface area contributed by atoms with Crippen molar-refractivity contribution in [2.45, 2.75) is 51.2 Å². The molecule has 0 spiro atoms. The van der Waals surface area contributed by atoms with Crippen molar-refractivity contribution in [2.24, 2.45) is 0 Å². The van der Waals surface area contributed by atoms with Gasteiger partial charge in [-0.05, 0) is 37.5 Å². The summed E-state index contributed by atoms with van der Waals surface area (Å²) in [6.45, 7) is 1.88. The lowest BCUT2D eigenvalue weighted by Crippen LogP contribution is -2.33. The van der Waals surface area contributed by atoms with Crippen molar-refractivity contribution >= 4 is 17.6 Å². The quantitative estimate of drug-likeness (QED) is 0.806. The number of rotatable bonds is 7. The summed E-state index contributed by atoms with van der Waals surface area (Å²) in [7, 11) is 1.46. The van der Waals surface area contributed by atoms with Crippen molar-refractivity contribution in [1.29, 1.82) is 0 Å². The van der Waals surface area contributed by atoms with Gasteiger partial charge in [-0.1, -0.05) is 19.8 Å². The van der Waals surface area contributed by atoms with Crippen LogP contribution in [0.4, 0.5) is 5.69 Å². The Morgan fingerprint density at radius 3 is 2.61 bits per heavy atom. The lowest BCUT2D eigenvalue weighted by Gasteiger charge is -2.21. The topological polar surface area (TPSA) is 84.9 Å². The van der Waals surface area contributed by atoms with Gasteiger partial charge in [0.25, 0.3) is 5.91 Å². The molecule has 23 heavy (non-hydrogen) atoms. The Hall–Kier alpha value is -2.08. The zero-order chi connectivity index (χ0) is 16.8. The summed E-state index contributed by atoms with van der Waals surface area (Å²) in [5, 5.41) is 12.0. The smallest absolute Gasteiger partial charge is 0.337 e. The van der Waals surface area contributed by atoms with Crippen LogP contribution in [-0.2, 0) is 9.53 Å². The van der Waals surface area contributed by atoms with Crippen LogP contribution >= 0.6 is 0 Å². The van der Waals surface area contributed by atoms with Crippen LogP contribution in [0.1, 0.15) is 49.4 Å². The number of anilines is 1. The minimum absolute atomic E-state index is 0.00609. The van der Waals surface area contributed by atoms with Gasteiger partial charge >= 0.3 is 5.97 Å². The van der Waals surface area contributed by atoms with Gasteiger partial charge in [0.05, 0.1) is 24.5 Å². The van der Waals surface area contributed by atoms with E-state index in [1.165, 1.54) is 19.2 Å². The monoisotopic (exact) mass is 321 g/mol. The number of carbonyl (C=O) groups excluding carboxylic acids is 1. The van der Waals surface area contributed by atoms with Crippen molar-refractivity contribution in [3.05, 3.63) is 23.8 Å². The second kappa shape index (κ2) is 7.97. The lowest BCUT2D eigenvalue weighted by atomic mass is 10.1. The van der Waals surface area contributed by atoms with E-state index in [1.807, 2.05) is 6.92 Å². The van der Waals surface area contributed by atoms with E-state index in [0.717, 1.165) is 25.7 Å². The minimum Gasteiger partial charge on any atom is -0.497 e. The molecule has 1 fully saturated rings. The predicted octanol–water partition coefficient (Wildman–Crippen LogP) is 3.07. The Morgan fingerprint density at radius 2 is 2.04 bits per heavy atom. The normalized spacial score (nSPS) is 16.1. The number of hydrogen-bond donors (Lipinski definition) is 2. The number of carboxylic acids is 1. The molecule has 126 valence electrons.